The minimum absolute atomic E-state index is 0.0328. The Morgan fingerprint density at radius 1 is 1.06 bits per heavy atom. The maximum absolute atomic E-state index is 13.5. The maximum Gasteiger partial charge on any atom is 0.270 e. The quantitative estimate of drug-likeness (QED) is 0.349. The Morgan fingerprint density at radius 2 is 1.82 bits per heavy atom. The number of anilines is 1. The van der Waals surface area contributed by atoms with E-state index < -0.39 is 11.8 Å². The zero-order chi connectivity index (χ0) is 24.0. The van der Waals surface area contributed by atoms with Crippen LogP contribution in [0.4, 0.5) is 5.69 Å². The van der Waals surface area contributed by atoms with Gasteiger partial charge in [-0.15, -0.1) is 0 Å². The molecule has 7 nitrogen and oxygen atoms in total. The van der Waals surface area contributed by atoms with Crippen molar-refractivity contribution >= 4 is 40.9 Å². The molecule has 0 saturated carbocycles. The summed E-state index contributed by atoms with van der Waals surface area (Å²) in [6, 6.07) is 15.2. The van der Waals surface area contributed by atoms with Gasteiger partial charge in [-0.25, -0.2) is 0 Å². The van der Waals surface area contributed by atoms with Crippen molar-refractivity contribution in [3.8, 4) is 17.2 Å². The average Bonchev–Trinajstić information content (AvgIpc) is 3.39. The molecule has 3 heterocycles. The van der Waals surface area contributed by atoms with Crippen molar-refractivity contribution in [3.05, 3.63) is 76.6 Å². The highest BCUT2D eigenvalue weighted by Crippen LogP contribution is 2.35. The molecule has 0 radical (unpaired) electrons. The maximum atomic E-state index is 13.5. The summed E-state index contributed by atoms with van der Waals surface area (Å²) in [4.78, 5) is 27.7. The molecule has 2 aromatic carbocycles. The van der Waals surface area contributed by atoms with Crippen LogP contribution in [0.15, 0.2) is 54.1 Å². The Balaban J connectivity index is 1.55. The van der Waals surface area contributed by atoms with E-state index in [2.05, 4.69) is 5.32 Å². The van der Waals surface area contributed by atoms with Gasteiger partial charge in [0.1, 0.15) is 5.57 Å². The standard InChI is InChI=1S/C26H23N3O4S/c1-4-17-7-5-6-8-21(17)29-25(31)20(24(30)27-26(29)34)12-18-11-15(2)28(16(18)3)19-9-10-22-23(13-19)33-14-32-22/h5-13H,4,14H2,1-3H3,(H,27,30,34)/b20-12-. The van der Waals surface area contributed by atoms with Crippen molar-refractivity contribution in [2.24, 2.45) is 0 Å². The number of aromatic nitrogens is 1. The molecule has 0 aliphatic carbocycles. The van der Waals surface area contributed by atoms with Gasteiger partial charge in [-0.1, -0.05) is 25.1 Å². The van der Waals surface area contributed by atoms with Crippen LogP contribution in [0.2, 0.25) is 0 Å². The number of ether oxygens (including phenoxy) is 2. The van der Waals surface area contributed by atoms with Crippen LogP contribution in [0.1, 0.15) is 29.4 Å². The molecule has 1 fully saturated rings. The summed E-state index contributed by atoms with van der Waals surface area (Å²) in [7, 11) is 0. The second-order valence-corrected chi connectivity index (χ2v) is 8.53. The Hall–Kier alpha value is -3.91. The van der Waals surface area contributed by atoms with Crippen LogP contribution in [0.3, 0.4) is 0 Å². The van der Waals surface area contributed by atoms with E-state index in [1.807, 2.05) is 73.9 Å². The zero-order valence-corrected chi connectivity index (χ0v) is 19.9. The first kappa shape index (κ1) is 21.9. The number of carbonyl (C=O) groups is 2. The summed E-state index contributed by atoms with van der Waals surface area (Å²) in [6.45, 7) is 6.14. The molecule has 1 aromatic heterocycles. The summed E-state index contributed by atoms with van der Waals surface area (Å²) in [6.07, 6.45) is 2.36. The second-order valence-electron chi connectivity index (χ2n) is 8.14. The van der Waals surface area contributed by atoms with Crippen molar-refractivity contribution in [1.82, 2.24) is 9.88 Å². The summed E-state index contributed by atoms with van der Waals surface area (Å²) in [5.41, 5.74) is 5.19. The van der Waals surface area contributed by atoms with Gasteiger partial charge in [-0.05, 0) is 74.0 Å². The van der Waals surface area contributed by atoms with E-state index in [-0.39, 0.29) is 17.5 Å². The molecule has 3 aromatic rings. The van der Waals surface area contributed by atoms with Gasteiger partial charge in [0.05, 0.1) is 5.69 Å². The van der Waals surface area contributed by atoms with Crippen molar-refractivity contribution in [1.29, 1.82) is 0 Å². The molecule has 5 rings (SSSR count). The van der Waals surface area contributed by atoms with Gasteiger partial charge in [0.15, 0.2) is 16.6 Å². The highest BCUT2D eigenvalue weighted by Gasteiger charge is 2.35. The minimum atomic E-state index is -0.506. The summed E-state index contributed by atoms with van der Waals surface area (Å²) in [5, 5.41) is 2.76. The average molecular weight is 474 g/mol. The molecule has 0 bridgehead atoms. The largest absolute Gasteiger partial charge is 0.454 e. The Kier molecular flexibility index (Phi) is 5.45. The molecule has 8 heteroatoms. The van der Waals surface area contributed by atoms with Gasteiger partial charge < -0.3 is 14.0 Å². The van der Waals surface area contributed by atoms with E-state index in [9.17, 15) is 9.59 Å². The van der Waals surface area contributed by atoms with Crippen LogP contribution in [0, 0.1) is 13.8 Å². The molecule has 2 aliphatic heterocycles. The number of rotatable bonds is 4. The number of hydrogen-bond donors (Lipinski definition) is 1. The van der Waals surface area contributed by atoms with Gasteiger partial charge in [0.25, 0.3) is 11.8 Å². The number of fused-ring (bicyclic) bond motifs is 1. The topological polar surface area (TPSA) is 72.8 Å². The molecule has 34 heavy (non-hydrogen) atoms. The van der Waals surface area contributed by atoms with E-state index in [0.717, 1.165) is 34.6 Å². The lowest BCUT2D eigenvalue weighted by molar-refractivity contribution is -0.122. The molecule has 1 N–H and O–H groups in total. The predicted octanol–water partition coefficient (Wildman–Crippen LogP) is 4.22. The van der Waals surface area contributed by atoms with E-state index in [0.29, 0.717) is 17.2 Å². The van der Waals surface area contributed by atoms with Gasteiger partial charge in [0, 0.05) is 23.1 Å². The molecule has 1 saturated heterocycles. The van der Waals surface area contributed by atoms with E-state index in [1.165, 1.54) is 4.90 Å². The van der Waals surface area contributed by atoms with Crippen LogP contribution in [-0.4, -0.2) is 28.3 Å². The molecule has 2 amide bonds. The number of aryl methyl sites for hydroxylation is 2. The third-order valence-corrected chi connectivity index (χ3v) is 6.38. The van der Waals surface area contributed by atoms with Crippen LogP contribution < -0.4 is 19.7 Å². The van der Waals surface area contributed by atoms with E-state index in [1.54, 1.807) is 6.08 Å². The lowest BCUT2D eigenvalue weighted by Crippen LogP contribution is -2.54. The first-order valence-electron chi connectivity index (χ1n) is 11.0. The van der Waals surface area contributed by atoms with Crippen LogP contribution in [0.25, 0.3) is 11.8 Å². The third kappa shape index (κ3) is 3.56. The number of para-hydroxylation sites is 1. The van der Waals surface area contributed by atoms with Crippen molar-refractivity contribution in [2.45, 2.75) is 27.2 Å². The highest BCUT2D eigenvalue weighted by atomic mass is 32.1. The number of nitrogens with zero attached hydrogens (tertiary/aromatic N) is 2. The molecule has 172 valence electrons. The number of hydrogen-bond acceptors (Lipinski definition) is 5. The van der Waals surface area contributed by atoms with Crippen molar-refractivity contribution in [3.63, 3.8) is 0 Å². The monoisotopic (exact) mass is 473 g/mol. The Morgan fingerprint density at radius 3 is 2.62 bits per heavy atom. The normalized spacial score (nSPS) is 16.4. The molecular weight excluding hydrogens is 450 g/mol. The number of nitrogens with one attached hydrogen (secondary N) is 1. The Bertz CT molecular complexity index is 1390. The zero-order valence-electron chi connectivity index (χ0n) is 19.0. The van der Waals surface area contributed by atoms with Crippen LogP contribution in [0.5, 0.6) is 11.5 Å². The second kappa shape index (κ2) is 8.46. The molecular formula is C26H23N3O4S. The van der Waals surface area contributed by atoms with Gasteiger partial charge in [-0.3, -0.25) is 19.8 Å². The summed E-state index contributed by atoms with van der Waals surface area (Å²) >= 11 is 5.36. The Labute approximate surface area is 202 Å². The SMILES string of the molecule is CCc1ccccc1N1C(=O)/C(=C\c2cc(C)n(-c3ccc4c(c3)OCO4)c2C)C(=O)NC1=S. The van der Waals surface area contributed by atoms with Crippen LogP contribution >= 0.6 is 12.2 Å². The first-order chi connectivity index (χ1) is 16.4. The number of carbonyl (C=O) groups excluding carboxylic acids is 2. The summed E-state index contributed by atoms with van der Waals surface area (Å²) in [5.74, 6) is 0.447. The number of thiocarbonyl (C=S) groups is 1. The molecule has 0 spiro atoms. The lowest BCUT2D eigenvalue weighted by atomic mass is 10.0. The minimum Gasteiger partial charge on any atom is -0.454 e. The fourth-order valence-electron chi connectivity index (χ4n) is 4.42. The van der Waals surface area contributed by atoms with E-state index >= 15 is 0 Å². The predicted molar refractivity (Wildman–Crippen MR) is 133 cm³/mol. The summed E-state index contributed by atoms with van der Waals surface area (Å²) < 4.78 is 13.0. The molecule has 2 aliphatic rings. The highest BCUT2D eigenvalue weighted by molar-refractivity contribution is 7.80. The van der Waals surface area contributed by atoms with E-state index in [4.69, 9.17) is 21.7 Å². The molecule has 0 atom stereocenters. The third-order valence-electron chi connectivity index (χ3n) is 6.10. The van der Waals surface area contributed by atoms with Crippen molar-refractivity contribution in [2.75, 3.05) is 11.7 Å². The van der Waals surface area contributed by atoms with Gasteiger partial charge in [-0.2, -0.15) is 0 Å². The first-order valence-corrected chi connectivity index (χ1v) is 11.4. The van der Waals surface area contributed by atoms with Gasteiger partial charge in [0.2, 0.25) is 6.79 Å². The fourth-order valence-corrected chi connectivity index (χ4v) is 4.69. The van der Waals surface area contributed by atoms with Crippen molar-refractivity contribution < 1.29 is 19.1 Å². The van der Waals surface area contributed by atoms with Gasteiger partial charge >= 0.3 is 0 Å². The lowest BCUT2D eigenvalue weighted by Gasteiger charge is -2.30. The smallest absolute Gasteiger partial charge is 0.270 e. The molecule has 0 unspecified atom stereocenters. The number of amides is 2. The fraction of sp³-hybridized carbons (Fsp3) is 0.192. The van der Waals surface area contributed by atoms with Crippen LogP contribution in [-0.2, 0) is 16.0 Å². The number of benzene rings is 2.